The number of aromatic hydroxyl groups is 1. The van der Waals surface area contributed by atoms with E-state index in [0.29, 0.717) is 4.47 Å². The van der Waals surface area contributed by atoms with Crippen molar-refractivity contribution in [3.8, 4) is 5.75 Å². The summed E-state index contributed by atoms with van der Waals surface area (Å²) >= 11 is 3.10. The summed E-state index contributed by atoms with van der Waals surface area (Å²) < 4.78 is 36.8. The van der Waals surface area contributed by atoms with Gasteiger partial charge in [-0.15, -0.1) is 0 Å². The van der Waals surface area contributed by atoms with E-state index in [4.69, 9.17) is 0 Å². The summed E-state index contributed by atoms with van der Waals surface area (Å²) in [6.07, 6.45) is -5.45. The molecule has 1 rings (SSSR count). The van der Waals surface area contributed by atoms with Gasteiger partial charge in [0.1, 0.15) is 5.75 Å². The zero-order valence-electron chi connectivity index (χ0n) is 9.38. The molecule has 0 heterocycles. The second-order valence-corrected chi connectivity index (χ2v) is 4.77. The Morgan fingerprint density at radius 2 is 2.11 bits per heavy atom. The van der Waals surface area contributed by atoms with Crippen LogP contribution in [0.25, 0.3) is 0 Å². The quantitative estimate of drug-likeness (QED) is 0.896. The van der Waals surface area contributed by atoms with Crippen LogP contribution in [-0.4, -0.2) is 23.2 Å². The summed E-state index contributed by atoms with van der Waals surface area (Å²) in [5, 5.41) is 11.7. The van der Waals surface area contributed by atoms with Crippen LogP contribution in [0.15, 0.2) is 22.7 Å². The van der Waals surface area contributed by atoms with Gasteiger partial charge in [-0.3, -0.25) is 4.79 Å². The van der Waals surface area contributed by atoms with Crippen LogP contribution in [0.1, 0.15) is 23.7 Å². The summed E-state index contributed by atoms with van der Waals surface area (Å²) in [4.78, 5) is 11.6. The Labute approximate surface area is 110 Å². The highest BCUT2D eigenvalue weighted by Gasteiger charge is 2.30. The molecule has 0 saturated heterocycles. The van der Waals surface area contributed by atoms with Gasteiger partial charge in [0.05, 0.1) is 12.0 Å². The summed E-state index contributed by atoms with van der Waals surface area (Å²) in [5.41, 5.74) is -0.0628. The molecular formula is C11H11BrF3NO2. The first kappa shape index (κ1) is 14.8. The number of carbonyl (C=O) groups excluding carboxylic acids is 1. The monoisotopic (exact) mass is 325 g/mol. The molecule has 0 radical (unpaired) electrons. The number of hydrogen-bond acceptors (Lipinski definition) is 2. The molecule has 0 spiro atoms. The SMILES string of the molecule is CC(CC(F)(F)F)NC(=O)c1ccc(Br)cc1O. The van der Waals surface area contributed by atoms with Crippen LogP contribution >= 0.6 is 15.9 Å². The first-order chi connectivity index (χ1) is 8.19. The van der Waals surface area contributed by atoms with E-state index in [9.17, 15) is 23.1 Å². The Kier molecular flexibility index (Phi) is 4.61. The molecule has 1 aromatic carbocycles. The number of rotatable bonds is 3. The lowest BCUT2D eigenvalue weighted by Crippen LogP contribution is -2.35. The number of alkyl halides is 3. The lowest BCUT2D eigenvalue weighted by molar-refractivity contribution is -0.138. The van der Waals surface area contributed by atoms with E-state index >= 15 is 0 Å². The Morgan fingerprint density at radius 1 is 1.50 bits per heavy atom. The third-order valence-electron chi connectivity index (χ3n) is 2.12. The highest BCUT2D eigenvalue weighted by molar-refractivity contribution is 9.10. The van der Waals surface area contributed by atoms with Gasteiger partial charge in [0, 0.05) is 10.5 Å². The zero-order chi connectivity index (χ0) is 13.9. The van der Waals surface area contributed by atoms with E-state index in [1.54, 1.807) is 0 Å². The molecule has 1 unspecified atom stereocenters. The van der Waals surface area contributed by atoms with E-state index in [1.807, 2.05) is 0 Å². The Bertz CT molecular complexity index is 448. The lowest BCUT2D eigenvalue weighted by Gasteiger charge is -2.16. The zero-order valence-corrected chi connectivity index (χ0v) is 11.0. The topological polar surface area (TPSA) is 49.3 Å². The average molecular weight is 326 g/mol. The number of phenolic OH excluding ortho intramolecular Hbond substituents is 1. The van der Waals surface area contributed by atoms with Crippen molar-refractivity contribution in [1.29, 1.82) is 0 Å². The summed E-state index contributed by atoms with van der Waals surface area (Å²) in [6, 6.07) is 3.09. The van der Waals surface area contributed by atoms with Crippen LogP contribution < -0.4 is 5.32 Å². The number of carbonyl (C=O) groups is 1. The molecule has 1 amide bonds. The second kappa shape index (κ2) is 5.60. The van der Waals surface area contributed by atoms with Gasteiger partial charge >= 0.3 is 6.18 Å². The molecule has 7 heteroatoms. The van der Waals surface area contributed by atoms with Gasteiger partial charge in [0.15, 0.2) is 0 Å². The number of hydrogen-bond donors (Lipinski definition) is 2. The van der Waals surface area contributed by atoms with Crippen LogP contribution in [0.5, 0.6) is 5.75 Å². The largest absolute Gasteiger partial charge is 0.507 e. The maximum absolute atomic E-state index is 12.1. The van der Waals surface area contributed by atoms with Crippen molar-refractivity contribution in [2.45, 2.75) is 25.6 Å². The van der Waals surface area contributed by atoms with Gasteiger partial charge in [-0.25, -0.2) is 0 Å². The van der Waals surface area contributed by atoms with Crippen molar-refractivity contribution in [3.63, 3.8) is 0 Å². The lowest BCUT2D eigenvalue weighted by atomic mass is 10.1. The van der Waals surface area contributed by atoms with Crippen molar-refractivity contribution in [2.24, 2.45) is 0 Å². The van der Waals surface area contributed by atoms with Gasteiger partial charge < -0.3 is 10.4 Å². The van der Waals surface area contributed by atoms with Crippen molar-refractivity contribution >= 4 is 21.8 Å². The first-order valence-electron chi connectivity index (χ1n) is 5.05. The van der Waals surface area contributed by atoms with E-state index < -0.39 is 24.5 Å². The minimum atomic E-state index is -4.34. The molecule has 0 aliphatic rings. The van der Waals surface area contributed by atoms with Crippen LogP contribution in [-0.2, 0) is 0 Å². The minimum absolute atomic E-state index is 0.0628. The number of benzene rings is 1. The van der Waals surface area contributed by atoms with Gasteiger partial charge in [0.25, 0.3) is 5.91 Å². The maximum Gasteiger partial charge on any atom is 0.391 e. The molecule has 0 aromatic heterocycles. The van der Waals surface area contributed by atoms with E-state index in [-0.39, 0.29) is 11.3 Å². The second-order valence-electron chi connectivity index (χ2n) is 3.86. The molecule has 1 aromatic rings. The van der Waals surface area contributed by atoms with E-state index in [0.717, 1.165) is 0 Å². The number of nitrogens with one attached hydrogen (secondary N) is 1. The van der Waals surface area contributed by atoms with Gasteiger partial charge in [-0.1, -0.05) is 15.9 Å². The highest BCUT2D eigenvalue weighted by atomic mass is 79.9. The average Bonchev–Trinajstić information content (AvgIpc) is 2.13. The fourth-order valence-electron chi connectivity index (χ4n) is 1.40. The van der Waals surface area contributed by atoms with Crippen molar-refractivity contribution < 1.29 is 23.1 Å². The standard InChI is InChI=1S/C11H11BrF3NO2/c1-6(5-11(13,14)15)16-10(18)8-3-2-7(12)4-9(8)17/h2-4,6,17H,5H2,1H3,(H,16,18). The summed E-state index contributed by atoms with van der Waals surface area (Å²) in [5.74, 6) is -1.03. The third kappa shape index (κ3) is 4.56. The highest BCUT2D eigenvalue weighted by Crippen LogP contribution is 2.24. The van der Waals surface area contributed by atoms with Gasteiger partial charge in [-0.05, 0) is 25.1 Å². The third-order valence-corrected chi connectivity index (χ3v) is 2.61. The number of amides is 1. The Morgan fingerprint density at radius 3 is 2.61 bits per heavy atom. The Balaban J connectivity index is 2.71. The number of phenols is 1. The smallest absolute Gasteiger partial charge is 0.391 e. The Hall–Kier alpha value is -1.24. The van der Waals surface area contributed by atoms with Gasteiger partial charge in [0.2, 0.25) is 0 Å². The first-order valence-corrected chi connectivity index (χ1v) is 5.84. The van der Waals surface area contributed by atoms with Crippen molar-refractivity contribution in [2.75, 3.05) is 0 Å². The molecule has 18 heavy (non-hydrogen) atoms. The molecule has 0 fully saturated rings. The molecule has 0 saturated carbocycles. The fraction of sp³-hybridized carbons (Fsp3) is 0.364. The predicted octanol–water partition coefficient (Wildman–Crippen LogP) is 3.23. The van der Waals surface area contributed by atoms with Crippen molar-refractivity contribution in [1.82, 2.24) is 5.32 Å². The van der Waals surface area contributed by atoms with Crippen LogP contribution in [0.3, 0.4) is 0 Å². The number of halogens is 4. The van der Waals surface area contributed by atoms with Gasteiger partial charge in [-0.2, -0.15) is 13.2 Å². The summed E-state index contributed by atoms with van der Waals surface area (Å²) in [7, 11) is 0. The molecule has 0 aliphatic carbocycles. The van der Waals surface area contributed by atoms with Crippen LogP contribution in [0.2, 0.25) is 0 Å². The normalized spacial score (nSPS) is 13.2. The predicted molar refractivity (Wildman–Crippen MR) is 63.4 cm³/mol. The molecule has 2 N–H and O–H groups in total. The van der Waals surface area contributed by atoms with E-state index in [2.05, 4.69) is 21.2 Å². The molecule has 0 bridgehead atoms. The molecule has 1 atom stereocenters. The fourth-order valence-corrected chi connectivity index (χ4v) is 1.75. The molecule has 0 aliphatic heterocycles. The molecule has 3 nitrogen and oxygen atoms in total. The maximum atomic E-state index is 12.1. The minimum Gasteiger partial charge on any atom is -0.507 e. The van der Waals surface area contributed by atoms with E-state index in [1.165, 1.54) is 25.1 Å². The van der Waals surface area contributed by atoms with Crippen LogP contribution in [0.4, 0.5) is 13.2 Å². The summed E-state index contributed by atoms with van der Waals surface area (Å²) in [6.45, 7) is 1.25. The van der Waals surface area contributed by atoms with Crippen molar-refractivity contribution in [3.05, 3.63) is 28.2 Å². The molecule has 100 valence electrons. The van der Waals surface area contributed by atoms with Crippen LogP contribution in [0, 0.1) is 0 Å². The molecular weight excluding hydrogens is 315 g/mol.